The van der Waals surface area contributed by atoms with Crippen molar-refractivity contribution in [2.24, 2.45) is 10.7 Å². The normalized spacial score (nSPS) is 12.2. The van der Waals surface area contributed by atoms with Gasteiger partial charge in [0.15, 0.2) is 15.8 Å². The van der Waals surface area contributed by atoms with Crippen LogP contribution in [0.25, 0.3) is 0 Å². The van der Waals surface area contributed by atoms with Crippen LogP contribution in [-0.2, 0) is 22.7 Å². The minimum Gasteiger partial charge on any atom is -0.370 e. The number of anilines is 1. The Balaban J connectivity index is 2.09. The lowest BCUT2D eigenvalue weighted by Crippen LogP contribution is -2.25. The van der Waals surface area contributed by atoms with Gasteiger partial charge in [-0.2, -0.15) is 0 Å². The number of hydrogen-bond donors (Lipinski definition) is 2. The molecule has 0 bridgehead atoms. The highest BCUT2D eigenvalue weighted by atomic mass is 32.2. The molecule has 2 aromatic rings. The highest BCUT2D eigenvalue weighted by Gasteiger charge is 2.18. The monoisotopic (exact) mass is 377 g/mol. The van der Waals surface area contributed by atoms with Gasteiger partial charge in [0.05, 0.1) is 12.3 Å². The maximum atomic E-state index is 13.7. The minimum absolute atomic E-state index is 0.0503. The van der Waals surface area contributed by atoms with Crippen molar-refractivity contribution >= 4 is 21.5 Å². The van der Waals surface area contributed by atoms with E-state index in [0.717, 1.165) is 35.7 Å². The minimum atomic E-state index is -3.75. The summed E-state index contributed by atoms with van der Waals surface area (Å²) in [7, 11) is -3.75. The summed E-state index contributed by atoms with van der Waals surface area (Å²) in [6.45, 7) is 4.05. The van der Waals surface area contributed by atoms with Crippen LogP contribution in [0.1, 0.15) is 25.0 Å². The van der Waals surface area contributed by atoms with Gasteiger partial charge in [-0.3, -0.25) is 4.99 Å². The number of rotatable bonds is 7. The number of halogens is 1. The van der Waals surface area contributed by atoms with Crippen LogP contribution in [-0.4, -0.2) is 26.7 Å². The second-order valence-electron chi connectivity index (χ2n) is 5.80. The molecule has 26 heavy (non-hydrogen) atoms. The molecule has 0 heterocycles. The highest BCUT2D eigenvalue weighted by molar-refractivity contribution is 7.91. The first-order valence-corrected chi connectivity index (χ1v) is 10.2. The molecule has 7 heteroatoms. The number of aryl methyl sites for hydroxylation is 2. The predicted octanol–water partition coefficient (Wildman–Crippen LogP) is 3.15. The second-order valence-corrected chi connectivity index (χ2v) is 7.88. The van der Waals surface area contributed by atoms with Crippen LogP contribution in [0.2, 0.25) is 0 Å². The Labute approximate surface area is 154 Å². The quantitative estimate of drug-likeness (QED) is 0.573. The second kappa shape index (κ2) is 8.80. The van der Waals surface area contributed by atoms with Crippen LogP contribution < -0.4 is 11.1 Å². The summed E-state index contributed by atoms with van der Waals surface area (Å²) in [6, 6.07) is 11.3. The third kappa shape index (κ3) is 4.82. The van der Waals surface area contributed by atoms with E-state index in [1.807, 2.05) is 32.0 Å². The number of guanidine groups is 1. The van der Waals surface area contributed by atoms with Crippen LogP contribution in [0.3, 0.4) is 0 Å². The molecule has 0 fully saturated rings. The van der Waals surface area contributed by atoms with Crippen molar-refractivity contribution in [2.45, 2.75) is 31.6 Å². The molecule has 0 aliphatic heterocycles. The Morgan fingerprint density at radius 3 is 2.27 bits per heavy atom. The maximum absolute atomic E-state index is 13.7. The molecule has 0 atom stereocenters. The van der Waals surface area contributed by atoms with E-state index in [-0.39, 0.29) is 23.2 Å². The Hall–Kier alpha value is -2.41. The van der Waals surface area contributed by atoms with E-state index in [4.69, 9.17) is 5.73 Å². The Morgan fingerprint density at radius 2 is 1.69 bits per heavy atom. The Morgan fingerprint density at radius 1 is 1.08 bits per heavy atom. The molecule has 2 aromatic carbocycles. The van der Waals surface area contributed by atoms with E-state index in [0.29, 0.717) is 0 Å². The molecule has 0 saturated heterocycles. The summed E-state index contributed by atoms with van der Waals surface area (Å²) in [4.78, 5) is 3.78. The zero-order chi connectivity index (χ0) is 19.2. The predicted molar refractivity (Wildman–Crippen MR) is 104 cm³/mol. The summed E-state index contributed by atoms with van der Waals surface area (Å²) < 4.78 is 38.1. The van der Waals surface area contributed by atoms with Gasteiger partial charge in [-0.05, 0) is 36.1 Å². The number of nitrogens with one attached hydrogen (secondary N) is 1. The number of nitrogens with two attached hydrogens (primary N) is 1. The van der Waals surface area contributed by atoms with Crippen LogP contribution in [0, 0.1) is 5.82 Å². The number of nitrogens with zero attached hydrogens (tertiary/aromatic N) is 1. The lowest BCUT2D eigenvalue weighted by Gasteiger charge is -2.14. The number of benzene rings is 2. The fourth-order valence-corrected chi connectivity index (χ4v) is 3.87. The molecular formula is C19H24FN3O2S. The van der Waals surface area contributed by atoms with Gasteiger partial charge in [0, 0.05) is 5.69 Å². The average Bonchev–Trinajstić information content (AvgIpc) is 2.61. The van der Waals surface area contributed by atoms with Gasteiger partial charge in [0.25, 0.3) is 0 Å². The molecule has 0 aliphatic rings. The zero-order valence-corrected chi connectivity index (χ0v) is 15.8. The van der Waals surface area contributed by atoms with Crippen LogP contribution in [0.5, 0.6) is 0 Å². The highest BCUT2D eigenvalue weighted by Crippen LogP contribution is 2.22. The van der Waals surface area contributed by atoms with Gasteiger partial charge in [0.1, 0.15) is 10.7 Å². The fourth-order valence-electron chi connectivity index (χ4n) is 2.66. The van der Waals surface area contributed by atoms with Crippen molar-refractivity contribution in [1.29, 1.82) is 0 Å². The summed E-state index contributed by atoms with van der Waals surface area (Å²) in [6.07, 6.45) is 1.68. The van der Waals surface area contributed by atoms with Gasteiger partial charge in [-0.15, -0.1) is 0 Å². The third-order valence-corrected chi connectivity index (χ3v) is 5.79. The van der Waals surface area contributed by atoms with Gasteiger partial charge < -0.3 is 11.1 Å². The summed E-state index contributed by atoms with van der Waals surface area (Å²) >= 11 is 0. The zero-order valence-electron chi connectivity index (χ0n) is 15.0. The molecule has 3 N–H and O–H groups in total. The summed E-state index contributed by atoms with van der Waals surface area (Å²) in [5.41, 5.74) is 9.06. The van der Waals surface area contributed by atoms with Crippen molar-refractivity contribution < 1.29 is 12.8 Å². The van der Waals surface area contributed by atoms with E-state index in [1.54, 1.807) is 0 Å². The first kappa shape index (κ1) is 19.9. The van der Waals surface area contributed by atoms with Crippen LogP contribution in [0.15, 0.2) is 52.4 Å². The topological polar surface area (TPSA) is 84.5 Å². The molecule has 2 rings (SSSR count). The van der Waals surface area contributed by atoms with Gasteiger partial charge in [-0.25, -0.2) is 12.8 Å². The molecular weight excluding hydrogens is 353 g/mol. The smallest absolute Gasteiger partial charge is 0.193 e. The number of aliphatic imine (C=N–C) groups is 1. The first-order chi connectivity index (χ1) is 12.4. The Kier molecular flexibility index (Phi) is 6.74. The van der Waals surface area contributed by atoms with E-state index in [1.165, 1.54) is 18.2 Å². The largest absolute Gasteiger partial charge is 0.370 e. The van der Waals surface area contributed by atoms with E-state index in [2.05, 4.69) is 10.3 Å². The number of hydrogen-bond acceptors (Lipinski definition) is 3. The van der Waals surface area contributed by atoms with Crippen molar-refractivity contribution in [3.05, 3.63) is 59.4 Å². The van der Waals surface area contributed by atoms with Gasteiger partial charge in [0.2, 0.25) is 0 Å². The van der Waals surface area contributed by atoms with E-state index >= 15 is 0 Å². The standard InChI is InChI=1S/C19H24FN3O2S/c1-3-14-8-7-9-15(4-2)18(14)23-19(21)22-12-13-26(24,25)17-11-6-5-10-16(17)20/h5-11H,3-4,12-13H2,1-2H3,(H3,21,22,23). The van der Waals surface area contributed by atoms with Crippen molar-refractivity contribution in [1.82, 2.24) is 0 Å². The van der Waals surface area contributed by atoms with Gasteiger partial charge in [-0.1, -0.05) is 44.2 Å². The molecule has 0 unspecified atom stereocenters. The summed E-state index contributed by atoms with van der Waals surface area (Å²) in [5.74, 6) is -0.928. The van der Waals surface area contributed by atoms with Crippen LogP contribution >= 0.6 is 0 Å². The summed E-state index contributed by atoms with van der Waals surface area (Å²) in [5, 5.41) is 3.08. The lowest BCUT2D eigenvalue weighted by molar-refractivity contribution is 0.567. The Bertz CT molecular complexity index is 873. The fraction of sp³-hybridized carbons (Fsp3) is 0.316. The average molecular weight is 377 g/mol. The van der Waals surface area contributed by atoms with Crippen molar-refractivity contribution in [3.8, 4) is 0 Å². The van der Waals surface area contributed by atoms with E-state index < -0.39 is 15.7 Å². The molecule has 0 radical (unpaired) electrons. The van der Waals surface area contributed by atoms with Gasteiger partial charge >= 0.3 is 0 Å². The molecule has 5 nitrogen and oxygen atoms in total. The SMILES string of the molecule is CCc1cccc(CC)c1NC(N)=NCCS(=O)(=O)c1ccccc1F. The lowest BCUT2D eigenvalue weighted by atomic mass is 10.0. The molecule has 140 valence electrons. The first-order valence-electron chi connectivity index (χ1n) is 8.54. The van der Waals surface area contributed by atoms with Crippen molar-refractivity contribution in [2.75, 3.05) is 17.6 Å². The number of para-hydroxylation sites is 1. The molecule has 0 spiro atoms. The van der Waals surface area contributed by atoms with Crippen LogP contribution in [0.4, 0.5) is 10.1 Å². The molecule has 0 amide bonds. The van der Waals surface area contributed by atoms with E-state index in [9.17, 15) is 12.8 Å². The van der Waals surface area contributed by atoms with Crippen molar-refractivity contribution in [3.63, 3.8) is 0 Å². The molecule has 0 saturated carbocycles. The number of sulfone groups is 1. The third-order valence-electron chi connectivity index (χ3n) is 4.07. The maximum Gasteiger partial charge on any atom is 0.193 e. The molecule has 0 aliphatic carbocycles. The molecule has 0 aromatic heterocycles.